The van der Waals surface area contributed by atoms with Crippen molar-refractivity contribution in [1.29, 1.82) is 0 Å². The number of amides is 1. The number of para-hydroxylation sites is 1. The molecule has 1 atom stereocenters. The van der Waals surface area contributed by atoms with Gasteiger partial charge in [0.2, 0.25) is 5.91 Å². The van der Waals surface area contributed by atoms with Crippen LogP contribution in [0.3, 0.4) is 0 Å². The van der Waals surface area contributed by atoms with Crippen molar-refractivity contribution < 1.29 is 9.18 Å². The highest BCUT2D eigenvalue weighted by atomic mass is 35.5. The average Bonchev–Trinajstić information content (AvgIpc) is 2.87. The third-order valence-corrected chi connectivity index (χ3v) is 3.60. The molecular weight excluding hydrogens is 279 g/mol. The van der Waals surface area contributed by atoms with Gasteiger partial charge in [0, 0.05) is 12.1 Å². The van der Waals surface area contributed by atoms with Gasteiger partial charge in [-0.3, -0.25) is 4.79 Å². The molecule has 3 nitrogen and oxygen atoms in total. The minimum absolute atomic E-state index is 0.228. The fourth-order valence-electron chi connectivity index (χ4n) is 2.27. The van der Waals surface area contributed by atoms with Crippen molar-refractivity contribution in [2.24, 2.45) is 0 Å². The first-order valence-electron chi connectivity index (χ1n) is 6.24. The molecule has 1 unspecified atom stereocenters. The summed E-state index contributed by atoms with van der Waals surface area (Å²) in [6.45, 7) is 0. The zero-order valence-corrected chi connectivity index (χ0v) is 11.2. The van der Waals surface area contributed by atoms with Crippen molar-refractivity contribution in [3.63, 3.8) is 0 Å². The molecule has 2 aromatic rings. The summed E-state index contributed by atoms with van der Waals surface area (Å²) in [6, 6.07) is 11.3. The Morgan fingerprint density at radius 3 is 2.90 bits per heavy atom. The molecule has 0 aromatic heterocycles. The van der Waals surface area contributed by atoms with Gasteiger partial charge >= 0.3 is 0 Å². The number of fused-ring (bicyclic) bond motifs is 1. The molecule has 3 rings (SSSR count). The standard InChI is InChI=1S/C15H12ClFN2O/c16-11-6-5-10(17)8-13(11)19-15(20)14-7-9-3-1-2-4-12(9)18-14/h1-6,8,14,18H,7H2,(H,19,20). The Hall–Kier alpha value is -2.07. The highest BCUT2D eigenvalue weighted by Crippen LogP contribution is 2.27. The van der Waals surface area contributed by atoms with Crippen molar-refractivity contribution in [2.45, 2.75) is 12.5 Å². The van der Waals surface area contributed by atoms with Gasteiger partial charge in [0.25, 0.3) is 0 Å². The summed E-state index contributed by atoms with van der Waals surface area (Å²) in [6.07, 6.45) is 0.606. The second kappa shape index (κ2) is 5.13. The summed E-state index contributed by atoms with van der Waals surface area (Å²) >= 11 is 5.93. The molecule has 0 saturated heterocycles. The van der Waals surface area contributed by atoms with Crippen LogP contribution < -0.4 is 10.6 Å². The number of carbonyl (C=O) groups excluding carboxylic acids is 1. The summed E-state index contributed by atoms with van der Waals surface area (Å²) in [7, 11) is 0. The lowest BCUT2D eigenvalue weighted by atomic mass is 10.1. The smallest absolute Gasteiger partial charge is 0.247 e. The molecule has 1 aliphatic rings. The first kappa shape index (κ1) is 12.9. The van der Waals surface area contributed by atoms with Crippen LogP contribution in [0, 0.1) is 5.82 Å². The van der Waals surface area contributed by atoms with E-state index in [1.54, 1.807) is 0 Å². The van der Waals surface area contributed by atoms with E-state index in [4.69, 9.17) is 11.6 Å². The van der Waals surface area contributed by atoms with Gasteiger partial charge in [-0.05, 0) is 29.8 Å². The Bertz CT molecular complexity index is 650. The van der Waals surface area contributed by atoms with Crippen molar-refractivity contribution in [3.05, 3.63) is 58.9 Å². The predicted octanol–water partition coefficient (Wildman–Crippen LogP) is 3.45. The summed E-state index contributed by atoms with van der Waals surface area (Å²) in [5.74, 6) is -0.666. The number of benzene rings is 2. The third-order valence-electron chi connectivity index (χ3n) is 3.27. The molecule has 0 spiro atoms. The molecule has 20 heavy (non-hydrogen) atoms. The van der Waals surface area contributed by atoms with Gasteiger partial charge in [0.05, 0.1) is 10.7 Å². The molecule has 0 fully saturated rings. The van der Waals surface area contributed by atoms with E-state index in [0.717, 1.165) is 11.3 Å². The van der Waals surface area contributed by atoms with E-state index < -0.39 is 5.82 Å². The van der Waals surface area contributed by atoms with Crippen LogP contribution in [-0.4, -0.2) is 11.9 Å². The summed E-state index contributed by atoms with van der Waals surface area (Å²) in [5, 5.41) is 6.11. The maximum Gasteiger partial charge on any atom is 0.247 e. The molecule has 1 aliphatic heterocycles. The number of halogens is 2. The number of hydrogen-bond donors (Lipinski definition) is 2. The Labute approximate surface area is 120 Å². The Morgan fingerprint density at radius 1 is 1.30 bits per heavy atom. The molecule has 1 heterocycles. The van der Waals surface area contributed by atoms with Crippen molar-refractivity contribution in [2.75, 3.05) is 10.6 Å². The quantitative estimate of drug-likeness (QED) is 0.889. The fourth-order valence-corrected chi connectivity index (χ4v) is 2.43. The number of anilines is 2. The van der Waals surface area contributed by atoms with Crippen molar-refractivity contribution >= 4 is 28.9 Å². The van der Waals surface area contributed by atoms with E-state index in [9.17, 15) is 9.18 Å². The van der Waals surface area contributed by atoms with Gasteiger partial charge in [0.15, 0.2) is 0 Å². The topological polar surface area (TPSA) is 41.1 Å². The summed E-state index contributed by atoms with van der Waals surface area (Å²) < 4.78 is 13.2. The molecule has 5 heteroatoms. The SMILES string of the molecule is O=C(Nc1cc(F)ccc1Cl)C1Cc2ccccc2N1. The van der Waals surface area contributed by atoms with Gasteiger partial charge in [-0.2, -0.15) is 0 Å². The first-order valence-corrected chi connectivity index (χ1v) is 6.61. The fraction of sp³-hybridized carbons (Fsp3) is 0.133. The van der Waals surface area contributed by atoms with Crippen LogP contribution in [0.2, 0.25) is 5.02 Å². The third kappa shape index (κ3) is 2.47. The molecule has 102 valence electrons. The van der Waals surface area contributed by atoms with Crippen LogP contribution in [0.5, 0.6) is 0 Å². The zero-order valence-electron chi connectivity index (χ0n) is 10.5. The Morgan fingerprint density at radius 2 is 2.10 bits per heavy atom. The van der Waals surface area contributed by atoms with E-state index in [1.807, 2.05) is 24.3 Å². The molecular formula is C15H12ClFN2O. The number of nitrogens with one attached hydrogen (secondary N) is 2. The lowest BCUT2D eigenvalue weighted by Crippen LogP contribution is -2.32. The molecule has 2 aromatic carbocycles. The van der Waals surface area contributed by atoms with E-state index in [0.29, 0.717) is 11.4 Å². The van der Waals surface area contributed by atoms with Gasteiger partial charge < -0.3 is 10.6 Å². The van der Waals surface area contributed by atoms with Gasteiger partial charge in [0.1, 0.15) is 11.9 Å². The Kier molecular flexibility index (Phi) is 3.32. The van der Waals surface area contributed by atoms with E-state index in [-0.39, 0.29) is 17.6 Å². The highest BCUT2D eigenvalue weighted by Gasteiger charge is 2.26. The molecule has 0 radical (unpaired) electrons. The maximum atomic E-state index is 13.2. The second-order valence-corrected chi connectivity index (χ2v) is 5.08. The van der Waals surface area contributed by atoms with Crippen molar-refractivity contribution in [3.8, 4) is 0 Å². The lowest BCUT2D eigenvalue weighted by molar-refractivity contribution is -0.116. The molecule has 0 saturated carbocycles. The van der Waals surface area contributed by atoms with Crippen LogP contribution in [0.1, 0.15) is 5.56 Å². The summed E-state index contributed by atoms with van der Waals surface area (Å²) in [4.78, 5) is 12.2. The second-order valence-electron chi connectivity index (χ2n) is 4.67. The zero-order chi connectivity index (χ0) is 14.1. The normalized spacial score (nSPS) is 16.4. The van der Waals surface area contributed by atoms with Crippen LogP contribution in [0.25, 0.3) is 0 Å². The van der Waals surface area contributed by atoms with E-state index >= 15 is 0 Å². The molecule has 2 N–H and O–H groups in total. The lowest BCUT2D eigenvalue weighted by Gasteiger charge is -2.13. The first-order chi connectivity index (χ1) is 9.63. The van der Waals surface area contributed by atoms with Gasteiger partial charge in [-0.1, -0.05) is 29.8 Å². The van der Waals surface area contributed by atoms with E-state index in [1.165, 1.54) is 18.2 Å². The minimum Gasteiger partial charge on any atom is -0.373 e. The van der Waals surface area contributed by atoms with Gasteiger partial charge in [-0.25, -0.2) is 4.39 Å². The van der Waals surface area contributed by atoms with Crippen LogP contribution in [-0.2, 0) is 11.2 Å². The predicted molar refractivity (Wildman–Crippen MR) is 77.6 cm³/mol. The van der Waals surface area contributed by atoms with Gasteiger partial charge in [-0.15, -0.1) is 0 Å². The van der Waals surface area contributed by atoms with Crippen LogP contribution in [0.4, 0.5) is 15.8 Å². The average molecular weight is 291 g/mol. The molecule has 0 aliphatic carbocycles. The number of carbonyl (C=O) groups is 1. The van der Waals surface area contributed by atoms with Crippen LogP contribution >= 0.6 is 11.6 Å². The Balaban J connectivity index is 1.74. The van der Waals surface area contributed by atoms with E-state index in [2.05, 4.69) is 10.6 Å². The monoisotopic (exact) mass is 290 g/mol. The molecule has 0 bridgehead atoms. The number of rotatable bonds is 2. The van der Waals surface area contributed by atoms with Crippen molar-refractivity contribution in [1.82, 2.24) is 0 Å². The maximum absolute atomic E-state index is 13.2. The summed E-state index contributed by atoms with van der Waals surface area (Å²) in [5.41, 5.74) is 2.34. The largest absolute Gasteiger partial charge is 0.373 e. The number of hydrogen-bond acceptors (Lipinski definition) is 2. The van der Waals surface area contributed by atoms with Crippen LogP contribution in [0.15, 0.2) is 42.5 Å². The molecule has 1 amide bonds. The highest BCUT2D eigenvalue weighted by molar-refractivity contribution is 6.33. The minimum atomic E-state index is -0.438.